The number of carbonyl (C=O) groups is 2. The fourth-order valence-electron chi connectivity index (χ4n) is 5.34. The number of nitrogens with one attached hydrogen (secondary N) is 1. The molecule has 43 heavy (non-hydrogen) atoms. The zero-order valence-corrected chi connectivity index (χ0v) is 29.0. The molecule has 0 fully saturated rings. The van der Waals surface area contributed by atoms with Gasteiger partial charge in [0.15, 0.2) is 0 Å². The van der Waals surface area contributed by atoms with Crippen LogP contribution in [0.1, 0.15) is 200 Å². The number of hydrogen-bond donors (Lipinski definition) is 1. The third-order valence-electron chi connectivity index (χ3n) is 8.21. The van der Waals surface area contributed by atoms with Crippen molar-refractivity contribution in [1.29, 1.82) is 0 Å². The summed E-state index contributed by atoms with van der Waals surface area (Å²) in [6, 6.07) is 0. The standard InChI is InChI=1S/C39H73NO3/c1-3-5-7-9-11-13-15-17-19-21-23-25-27-29-31-34-38(41)40-36-33-37-43-39(42)35-32-30-28-26-24-22-20-18-16-14-12-10-8-6-4-2/h17-20H,3-16,21-37H2,1-2H3,(H,40,41). The van der Waals surface area contributed by atoms with E-state index in [2.05, 4.69) is 43.5 Å². The number of allylic oxidation sites excluding steroid dienone is 4. The van der Waals surface area contributed by atoms with E-state index >= 15 is 0 Å². The lowest BCUT2D eigenvalue weighted by Gasteiger charge is -2.07. The lowest BCUT2D eigenvalue weighted by Crippen LogP contribution is -2.25. The minimum atomic E-state index is -0.0998. The molecule has 0 unspecified atom stereocenters. The molecule has 0 aromatic heterocycles. The van der Waals surface area contributed by atoms with Crippen molar-refractivity contribution >= 4 is 11.9 Å². The number of carbonyl (C=O) groups excluding carboxylic acids is 2. The third-order valence-corrected chi connectivity index (χ3v) is 8.21. The Kier molecular flexibility index (Phi) is 35.3. The minimum Gasteiger partial charge on any atom is -0.466 e. The van der Waals surface area contributed by atoms with Crippen LogP contribution in [-0.2, 0) is 14.3 Å². The molecule has 0 radical (unpaired) electrons. The second-order valence-electron chi connectivity index (χ2n) is 12.6. The Morgan fingerprint density at radius 3 is 1.28 bits per heavy atom. The molecule has 252 valence electrons. The first-order chi connectivity index (χ1) is 21.2. The maximum Gasteiger partial charge on any atom is 0.305 e. The number of amides is 1. The molecule has 4 heteroatoms. The van der Waals surface area contributed by atoms with Crippen LogP contribution >= 0.6 is 0 Å². The summed E-state index contributed by atoms with van der Waals surface area (Å²) in [7, 11) is 0. The van der Waals surface area contributed by atoms with E-state index in [1.807, 2.05) is 0 Å². The first kappa shape index (κ1) is 41.4. The van der Waals surface area contributed by atoms with Crippen LogP contribution < -0.4 is 5.32 Å². The molecule has 0 spiro atoms. The van der Waals surface area contributed by atoms with Crippen LogP contribution in [0.25, 0.3) is 0 Å². The fourth-order valence-corrected chi connectivity index (χ4v) is 5.34. The van der Waals surface area contributed by atoms with Crippen molar-refractivity contribution in [1.82, 2.24) is 5.32 Å². The molecule has 0 bridgehead atoms. The van der Waals surface area contributed by atoms with Crippen LogP contribution in [-0.4, -0.2) is 25.0 Å². The van der Waals surface area contributed by atoms with Gasteiger partial charge in [-0.25, -0.2) is 0 Å². The van der Waals surface area contributed by atoms with E-state index in [0.29, 0.717) is 32.4 Å². The Morgan fingerprint density at radius 1 is 0.465 bits per heavy atom. The first-order valence-corrected chi connectivity index (χ1v) is 18.9. The van der Waals surface area contributed by atoms with E-state index in [4.69, 9.17) is 4.74 Å². The zero-order chi connectivity index (χ0) is 31.3. The molecule has 0 aromatic carbocycles. The molecule has 0 atom stereocenters. The van der Waals surface area contributed by atoms with Crippen molar-refractivity contribution in [3.05, 3.63) is 24.3 Å². The molecular weight excluding hydrogens is 530 g/mol. The number of rotatable bonds is 34. The normalized spacial score (nSPS) is 11.6. The highest BCUT2D eigenvalue weighted by Gasteiger charge is 2.04. The summed E-state index contributed by atoms with van der Waals surface area (Å²) in [5, 5.41) is 2.96. The fraction of sp³-hybridized carbons (Fsp3) is 0.846. The van der Waals surface area contributed by atoms with Gasteiger partial charge >= 0.3 is 5.97 Å². The van der Waals surface area contributed by atoms with Crippen LogP contribution in [0.2, 0.25) is 0 Å². The van der Waals surface area contributed by atoms with Gasteiger partial charge in [-0.3, -0.25) is 9.59 Å². The second kappa shape index (κ2) is 36.6. The summed E-state index contributed by atoms with van der Waals surface area (Å²) < 4.78 is 5.33. The average Bonchev–Trinajstić information content (AvgIpc) is 3.00. The lowest BCUT2D eigenvalue weighted by atomic mass is 10.1. The predicted octanol–water partition coefficient (Wildman–Crippen LogP) is 12.1. The van der Waals surface area contributed by atoms with Crippen LogP contribution in [0.15, 0.2) is 24.3 Å². The van der Waals surface area contributed by atoms with Gasteiger partial charge < -0.3 is 10.1 Å². The smallest absolute Gasteiger partial charge is 0.305 e. The largest absolute Gasteiger partial charge is 0.466 e. The van der Waals surface area contributed by atoms with Gasteiger partial charge in [-0.15, -0.1) is 0 Å². The molecule has 0 aliphatic heterocycles. The maximum atomic E-state index is 12.0. The Bertz CT molecular complexity index is 588. The summed E-state index contributed by atoms with van der Waals surface area (Å²) in [6.45, 7) is 5.52. The quantitative estimate of drug-likeness (QED) is 0.0452. The van der Waals surface area contributed by atoms with Gasteiger partial charge in [-0.2, -0.15) is 0 Å². The number of unbranched alkanes of at least 4 members (excludes halogenated alkanes) is 22. The van der Waals surface area contributed by atoms with Crippen LogP contribution in [0.4, 0.5) is 0 Å². The molecule has 0 heterocycles. The molecule has 0 saturated heterocycles. The number of esters is 1. The Labute approximate surface area is 268 Å². The number of ether oxygens (including phenoxy) is 1. The third kappa shape index (κ3) is 36.5. The van der Waals surface area contributed by atoms with Gasteiger partial charge in [-0.1, -0.05) is 141 Å². The number of hydrogen-bond acceptors (Lipinski definition) is 3. The summed E-state index contributed by atoms with van der Waals surface area (Å²) in [5.41, 5.74) is 0. The van der Waals surface area contributed by atoms with Crippen molar-refractivity contribution < 1.29 is 14.3 Å². The van der Waals surface area contributed by atoms with E-state index in [-0.39, 0.29) is 11.9 Å². The van der Waals surface area contributed by atoms with Gasteiger partial charge in [0.1, 0.15) is 0 Å². The molecule has 0 aliphatic carbocycles. The Morgan fingerprint density at radius 2 is 0.837 bits per heavy atom. The van der Waals surface area contributed by atoms with Gasteiger partial charge in [0.05, 0.1) is 6.61 Å². The molecule has 4 nitrogen and oxygen atoms in total. The van der Waals surface area contributed by atoms with Crippen molar-refractivity contribution in [2.45, 2.75) is 200 Å². The summed E-state index contributed by atoms with van der Waals surface area (Å²) >= 11 is 0. The van der Waals surface area contributed by atoms with E-state index in [0.717, 1.165) is 25.7 Å². The molecule has 0 aromatic rings. The van der Waals surface area contributed by atoms with Crippen LogP contribution in [0, 0.1) is 0 Å². The highest BCUT2D eigenvalue weighted by Crippen LogP contribution is 2.12. The molecule has 0 saturated carbocycles. The van der Waals surface area contributed by atoms with E-state index in [9.17, 15) is 9.59 Å². The van der Waals surface area contributed by atoms with E-state index in [1.165, 1.54) is 141 Å². The minimum absolute atomic E-state index is 0.0998. The van der Waals surface area contributed by atoms with E-state index in [1.54, 1.807) is 0 Å². The summed E-state index contributed by atoms with van der Waals surface area (Å²) in [6.07, 6.45) is 44.1. The van der Waals surface area contributed by atoms with Crippen molar-refractivity contribution in [3.8, 4) is 0 Å². The average molecular weight is 604 g/mol. The van der Waals surface area contributed by atoms with Crippen LogP contribution in [0.5, 0.6) is 0 Å². The topological polar surface area (TPSA) is 55.4 Å². The van der Waals surface area contributed by atoms with E-state index < -0.39 is 0 Å². The summed E-state index contributed by atoms with van der Waals surface area (Å²) in [5.74, 6) is 0.0227. The van der Waals surface area contributed by atoms with Crippen molar-refractivity contribution in [2.24, 2.45) is 0 Å². The second-order valence-corrected chi connectivity index (χ2v) is 12.6. The SMILES string of the molecule is CCCCCCCCC=CCCCCCCCC(=O)NCCCOC(=O)CCCCCCCC=CCCCCCCCC. The predicted molar refractivity (Wildman–Crippen MR) is 187 cm³/mol. The molecular formula is C39H73NO3. The highest BCUT2D eigenvalue weighted by atomic mass is 16.5. The van der Waals surface area contributed by atoms with Crippen LogP contribution in [0.3, 0.4) is 0 Å². The van der Waals surface area contributed by atoms with Gasteiger partial charge in [0, 0.05) is 19.4 Å². The molecule has 0 aliphatic rings. The monoisotopic (exact) mass is 604 g/mol. The first-order valence-electron chi connectivity index (χ1n) is 18.9. The van der Waals surface area contributed by atoms with Crippen molar-refractivity contribution in [3.63, 3.8) is 0 Å². The van der Waals surface area contributed by atoms with Crippen molar-refractivity contribution in [2.75, 3.05) is 13.2 Å². The highest BCUT2D eigenvalue weighted by molar-refractivity contribution is 5.75. The van der Waals surface area contributed by atoms with Gasteiger partial charge in [0.2, 0.25) is 5.91 Å². The molecule has 1 N–H and O–H groups in total. The van der Waals surface area contributed by atoms with Gasteiger partial charge in [-0.05, 0) is 70.6 Å². The maximum absolute atomic E-state index is 12.0. The molecule has 0 rings (SSSR count). The summed E-state index contributed by atoms with van der Waals surface area (Å²) in [4.78, 5) is 23.9. The lowest BCUT2D eigenvalue weighted by molar-refractivity contribution is -0.143. The van der Waals surface area contributed by atoms with Gasteiger partial charge in [0.25, 0.3) is 0 Å². The Balaban J connectivity index is 3.33. The zero-order valence-electron chi connectivity index (χ0n) is 29.0. The Hall–Kier alpha value is -1.58. The molecule has 1 amide bonds.